The third-order valence-electron chi connectivity index (χ3n) is 5.31. The molecule has 1 aromatic carbocycles. The second kappa shape index (κ2) is 10.4. The molecule has 0 aliphatic heterocycles. The van der Waals surface area contributed by atoms with Gasteiger partial charge in [-0.3, -0.25) is 14.4 Å². The highest BCUT2D eigenvalue weighted by Crippen LogP contribution is 2.38. The predicted octanol–water partition coefficient (Wildman–Crippen LogP) is 4.72. The number of carbonyl (C=O) groups excluding carboxylic acids is 2. The van der Waals surface area contributed by atoms with Crippen molar-refractivity contribution in [2.75, 3.05) is 17.7 Å². The number of carboxylic acid groups (broad SMARTS) is 1. The van der Waals surface area contributed by atoms with Crippen molar-refractivity contribution in [3.05, 3.63) is 40.3 Å². The molecule has 3 rings (SSSR count). The van der Waals surface area contributed by atoms with E-state index in [2.05, 4.69) is 10.6 Å². The molecular formula is C23H28N2O5S. The minimum absolute atomic E-state index is 0.0703. The maximum absolute atomic E-state index is 13.2. The van der Waals surface area contributed by atoms with Crippen LogP contribution in [0.25, 0.3) is 0 Å². The van der Waals surface area contributed by atoms with E-state index in [4.69, 9.17) is 9.84 Å². The summed E-state index contributed by atoms with van der Waals surface area (Å²) in [6.45, 7) is 1.73. The summed E-state index contributed by atoms with van der Waals surface area (Å²) in [5.41, 5.74) is 2.19. The average Bonchev–Trinajstić information content (AvgIpc) is 2.88. The number of amides is 2. The zero-order chi connectivity index (χ0) is 22.4. The van der Waals surface area contributed by atoms with E-state index < -0.39 is 5.97 Å². The summed E-state index contributed by atoms with van der Waals surface area (Å²) in [5, 5.41) is 15.3. The summed E-state index contributed by atoms with van der Waals surface area (Å²) in [4.78, 5) is 37.8. The molecule has 0 bridgehead atoms. The number of anilines is 2. The number of rotatable bonds is 8. The van der Waals surface area contributed by atoms with Crippen LogP contribution in [0.15, 0.2) is 24.3 Å². The number of hydrogen-bond acceptors (Lipinski definition) is 5. The van der Waals surface area contributed by atoms with E-state index in [0.29, 0.717) is 22.0 Å². The van der Waals surface area contributed by atoms with Crippen LogP contribution in [0.4, 0.5) is 10.7 Å². The van der Waals surface area contributed by atoms with Crippen molar-refractivity contribution in [2.45, 2.75) is 51.9 Å². The van der Waals surface area contributed by atoms with E-state index in [9.17, 15) is 14.4 Å². The summed E-state index contributed by atoms with van der Waals surface area (Å²) in [5.74, 6) is -1.04. The molecule has 1 unspecified atom stereocenters. The van der Waals surface area contributed by atoms with Gasteiger partial charge in [-0.1, -0.05) is 13.3 Å². The fourth-order valence-corrected chi connectivity index (χ4v) is 5.11. The molecular weight excluding hydrogens is 416 g/mol. The van der Waals surface area contributed by atoms with E-state index in [1.54, 1.807) is 38.3 Å². The van der Waals surface area contributed by atoms with Gasteiger partial charge in [0.25, 0.3) is 5.91 Å². The molecule has 0 fully saturated rings. The zero-order valence-electron chi connectivity index (χ0n) is 17.8. The molecule has 2 aromatic rings. The molecule has 1 aliphatic carbocycles. The molecule has 3 N–H and O–H groups in total. The highest BCUT2D eigenvalue weighted by Gasteiger charge is 2.26. The zero-order valence-corrected chi connectivity index (χ0v) is 18.6. The smallest absolute Gasteiger partial charge is 0.303 e. The van der Waals surface area contributed by atoms with Gasteiger partial charge in [0.1, 0.15) is 10.8 Å². The first-order chi connectivity index (χ1) is 14.9. The summed E-state index contributed by atoms with van der Waals surface area (Å²) in [6, 6.07) is 7.09. The molecule has 0 saturated carbocycles. The second-order valence-corrected chi connectivity index (χ2v) is 9.01. The van der Waals surface area contributed by atoms with E-state index in [0.717, 1.165) is 42.5 Å². The number of nitrogens with one attached hydrogen (secondary N) is 2. The minimum atomic E-state index is -0.928. The molecule has 8 heteroatoms. The van der Waals surface area contributed by atoms with Crippen molar-refractivity contribution in [1.29, 1.82) is 0 Å². The van der Waals surface area contributed by atoms with Crippen LogP contribution in [0.2, 0.25) is 0 Å². The van der Waals surface area contributed by atoms with Crippen molar-refractivity contribution in [1.82, 2.24) is 0 Å². The van der Waals surface area contributed by atoms with Crippen LogP contribution >= 0.6 is 11.3 Å². The Morgan fingerprint density at radius 3 is 2.45 bits per heavy atom. The Kier molecular flexibility index (Phi) is 7.68. The lowest BCUT2D eigenvalue weighted by Crippen LogP contribution is -2.20. The van der Waals surface area contributed by atoms with Crippen LogP contribution in [-0.4, -0.2) is 30.0 Å². The van der Waals surface area contributed by atoms with Gasteiger partial charge in [0, 0.05) is 23.4 Å². The number of aliphatic carboxylic acids is 1. The molecule has 166 valence electrons. The van der Waals surface area contributed by atoms with E-state index >= 15 is 0 Å². The number of benzene rings is 1. The predicted molar refractivity (Wildman–Crippen MR) is 121 cm³/mol. The number of carboxylic acids is 1. The van der Waals surface area contributed by atoms with Gasteiger partial charge >= 0.3 is 5.97 Å². The Balaban J connectivity index is 1.82. The summed E-state index contributed by atoms with van der Waals surface area (Å²) < 4.78 is 5.16. The highest BCUT2D eigenvalue weighted by atomic mass is 32.1. The monoisotopic (exact) mass is 444 g/mol. The molecule has 7 nitrogen and oxygen atoms in total. The number of hydrogen-bond donors (Lipinski definition) is 3. The minimum Gasteiger partial charge on any atom is -0.497 e. The maximum Gasteiger partial charge on any atom is 0.303 e. The molecule has 1 aliphatic rings. The van der Waals surface area contributed by atoms with Gasteiger partial charge in [0.15, 0.2) is 0 Å². The molecule has 0 spiro atoms. The van der Waals surface area contributed by atoms with Gasteiger partial charge in [-0.05, 0) is 61.4 Å². The lowest BCUT2D eigenvalue weighted by atomic mass is 10.0. The SMILES string of the molecule is COc1ccc(NC(=O)c2c(NC(=O)CC(C)CC(=O)O)sc3c2CCCCC3)cc1. The first-order valence-corrected chi connectivity index (χ1v) is 11.3. The second-order valence-electron chi connectivity index (χ2n) is 7.91. The Labute approximate surface area is 185 Å². The topological polar surface area (TPSA) is 105 Å². The first-order valence-electron chi connectivity index (χ1n) is 10.5. The molecule has 0 radical (unpaired) electrons. The molecule has 1 heterocycles. The van der Waals surface area contributed by atoms with Gasteiger partial charge in [0.2, 0.25) is 5.91 Å². The van der Waals surface area contributed by atoms with E-state index in [-0.39, 0.29) is 30.6 Å². The van der Waals surface area contributed by atoms with Crippen LogP contribution < -0.4 is 15.4 Å². The summed E-state index contributed by atoms with van der Waals surface area (Å²) >= 11 is 1.46. The van der Waals surface area contributed by atoms with E-state index in [1.807, 2.05) is 0 Å². The number of ether oxygens (including phenoxy) is 1. The fraction of sp³-hybridized carbons (Fsp3) is 0.435. The van der Waals surface area contributed by atoms with Crippen molar-refractivity contribution >= 4 is 39.8 Å². The van der Waals surface area contributed by atoms with Gasteiger partial charge in [-0.25, -0.2) is 0 Å². The number of fused-ring (bicyclic) bond motifs is 1. The first kappa shape index (κ1) is 22.8. The third-order valence-corrected chi connectivity index (χ3v) is 6.51. The van der Waals surface area contributed by atoms with Crippen molar-refractivity contribution in [3.63, 3.8) is 0 Å². The average molecular weight is 445 g/mol. The Morgan fingerprint density at radius 1 is 1.06 bits per heavy atom. The fourth-order valence-electron chi connectivity index (χ4n) is 3.80. The van der Waals surface area contributed by atoms with Crippen LogP contribution in [0.1, 0.15) is 59.8 Å². The summed E-state index contributed by atoms with van der Waals surface area (Å²) in [6.07, 6.45) is 4.92. The van der Waals surface area contributed by atoms with Crippen molar-refractivity contribution < 1.29 is 24.2 Å². The van der Waals surface area contributed by atoms with Gasteiger partial charge in [-0.2, -0.15) is 0 Å². The quantitative estimate of drug-likeness (QED) is 0.511. The molecule has 0 saturated heterocycles. The van der Waals surface area contributed by atoms with Crippen molar-refractivity contribution in [3.8, 4) is 5.75 Å². The summed E-state index contributed by atoms with van der Waals surface area (Å²) in [7, 11) is 1.58. The van der Waals surface area contributed by atoms with Gasteiger partial charge in [0.05, 0.1) is 12.7 Å². The number of aryl methyl sites for hydroxylation is 1. The number of methoxy groups -OCH3 is 1. The molecule has 31 heavy (non-hydrogen) atoms. The van der Waals surface area contributed by atoms with Crippen LogP contribution in [0.5, 0.6) is 5.75 Å². The van der Waals surface area contributed by atoms with Crippen LogP contribution in [0, 0.1) is 5.92 Å². The van der Waals surface area contributed by atoms with E-state index in [1.165, 1.54) is 11.3 Å². The Bertz CT molecular complexity index is 952. The molecule has 2 amide bonds. The van der Waals surface area contributed by atoms with Crippen molar-refractivity contribution in [2.24, 2.45) is 5.92 Å². The Hall–Kier alpha value is -2.87. The lowest BCUT2D eigenvalue weighted by Gasteiger charge is -2.12. The van der Waals surface area contributed by atoms with Gasteiger partial charge < -0.3 is 20.5 Å². The standard InChI is InChI=1S/C23H28N2O5S/c1-14(13-20(27)28)12-19(26)25-23-21(17-6-4-3-5-7-18(17)31-23)22(29)24-15-8-10-16(30-2)11-9-15/h8-11,14H,3-7,12-13H2,1-2H3,(H,24,29)(H,25,26)(H,27,28). The Morgan fingerprint density at radius 2 is 1.77 bits per heavy atom. The third kappa shape index (κ3) is 6.07. The van der Waals surface area contributed by atoms with Gasteiger partial charge in [-0.15, -0.1) is 11.3 Å². The molecule has 1 aromatic heterocycles. The lowest BCUT2D eigenvalue weighted by molar-refractivity contribution is -0.138. The normalized spacial score (nSPS) is 14.1. The van der Waals surface area contributed by atoms with Crippen LogP contribution in [0.3, 0.4) is 0 Å². The number of carbonyl (C=O) groups is 3. The maximum atomic E-state index is 13.2. The van der Waals surface area contributed by atoms with Crippen LogP contribution in [-0.2, 0) is 22.4 Å². The largest absolute Gasteiger partial charge is 0.497 e. The highest BCUT2D eigenvalue weighted by molar-refractivity contribution is 7.17. The number of thiophene rings is 1. The molecule has 1 atom stereocenters.